The number of aryl methyl sites for hydroxylation is 1. The first-order valence-electron chi connectivity index (χ1n) is 7.53. The minimum absolute atomic E-state index is 0.193. The predicted octanol–water partition coefficient (Wildman–Crippen LogP) is 3.24. The van der Waals surface area contributed by atoms with Crippen molar-refractivity contribution >= 4 is 17.9 Å². The highest BCUT2D eigenvalue weighted by molar-refractivity contribution is 6.13. The Labute approximate surface area is 133 Å². The summed E-state index contributed by atoms with van der Waals surface area (Å²) in [4.78, 5) is 0. The molecule has 0 bridgehead atoms. The van der Waals surface area contributed by atoms with E-state index in [1.54, 1.807) is 13.1 Å². The van der Waals surface area contributed by atoms with Gasteiger partial charge in [-0.05, 0) is 35.7 Å². The van der Waals surface area contributed by atoms with E-state index in [1.807, 2.05) is 18.2 Å². The quantitative estimate of drug-likeness (QED) is 0.543. The van der Waals surface area contributed by atoms with E-state index >= 15 is 0 Å². The van der Waals surface area contributed by atoms with Gasteiger partial charge in [-0.25, -0.2) is 4.42 Å². The molecule has 0 unspecified atom stereocenters. The molecule has 0 heterocycles. The fourth-order valence-corrected chi connectivity index (χ4v) is 2.32. The van der Waals surface area contributed by atoms with E-state index in [1.165, 1.54) is 29.2 Å². The lowest BCUT2D eigenvalue weighted by molar-refractivity contribution is 0.0929. The van der Waals surface area contributed by atoms with Crippen molar-refractivity contribution in [2.45, 2.75) is 44.8 Å². The molecule has 0 radical (unpaired) electrons. The third-order valence-electron chi connectivity index (χ3n) is 3.57. The van der Waals surface area contributed by atoms with Crippen molar-refractivity contribution in [2.75, 3.05) is 13.7 Å². The number of hydrogen-bond acceptors (Lipinski definition) is 3. The molecule has 0 aliphatic rings. The van der Waals surface area contributed by atoms with Crippen molar-refractivity contribution in [3.8, 4) is 0 Å². The Morgan fingerprint density at radius 2 is 1.90 bits per heavy atom. The lowest BCUT2D eigenvalue weighted by Gasteiger charge is -2.22. The lowest BCUT2D eigenvalue weighted by Crippen LogP contribution is -2.38. The van der Waals surface area contributed by atoms with Crippen molar-refractivity contribution in [1.82, 2.24) is 4.42 Å². The van der Waals surface area contributed by atoms with Crippen LogP contribution in [0.2, 0.25) is 0 Å². The van der Waals surface area contributed by atoms with Crippen LogP contribution >= 0.6 is 11.8 Å². The van der Waals surface area contributed by atoms with Crippen molar-refractivity contribution in [2.24, 2.45) is 0 Å². The summed E-state index contributed by atoms with van der Waals surface area (Å²) in [7, 11) is 1.62. The fraction of sp³-hybridized carbons (Fsp3) is 0.529. The van der Waals surface area contributed by atoms with Gasteiger partial charge in [0, 0.05) is 7.05 Å². The second-order valence-corrected chi connectivity index (χ2v) is 5.86. The van der Waals surface area contributed by atoms with Crippen LogP contribution in [0.15, 0.2) is 30.3 Å². The van der Waals surface area contributed by atoms with Gasteiger partial charge in [-0.15, -0.1) is 0 Å². The summed E-state index contributed by atoms with van der Waals surface area (Å²) in [5.41, 5.74) is 2.37. The molecule has 1 aromatic rings. The molecular formula is C17H26ClNO2. The van der Waals surface area contributed by atoms with Crippen LogP contribution in [0.5, 0.6) is 0 Å². The van der Waals surface area contributed by atoms with Crippen LogP contribution in [-0.2, 0) is 6.42 Å². The molecule has 1 aromatic carbocycles. The summed E-state index contributed by atoms with van der Waals surface area (Å²) in [6, 6.07) is 7.83. The molecule has 0 aliphatic carbocycles. The number of aliphatic hydroxyl groups is 2. The van der Waals surface area contributed by atoms with E-state index in [9.17, 15) is 10.2 Å². The Balaban J connectivity index is 2.56. The van der Waals surface area contributed by atoms with Crippen LogP contribution in [0.1, 0.15) is 37.3 Å². The Kier molecular flexibility index (Phi) is 8.62. The largest absolute Gasteiger partial charge is 0.395 e. The second-order valence-electron chi connectivity index (χ2n) is 5.32. The zero-order valence-corrected chi connectivity index (χ0v) is 13.6. The summed E-state index contributed by atoms with van der Waals surface area (Å²) in [5.74, 6) is 0. The fourth-order valence-electron chi connectivity index (χ4n) is 2.14. The first-order chi connectivity index (χ1) is 10.1. The molecule has 0 fully saturated rings. The van der Waals surface area contributed by atoms with Crippen molar-refractivity contribution in [3.05, 3.63) is 41.5 Å². The van der Waals surface area contributed by atoms with Gasteiger partial charge in [0.1, 0.15) is 0 Å². The minimum Gasteiger partial charge on any atom is -0.395 e. The van der Waals surface area contributed by atoms with E-state index in [0.29, 0.717) is 0 Å². The van der Waals surface area contributed by atoms with E-state index in [4.69, 9.17) is 11.8 Å². The van der Waals surface area contributed by atoms with Gasteiger partial charge in [-0.3, -0.25) is 0 Å². The molecule has 2 N–H and O–H groups in total. The smallest absolute Gasteiger partial charge is 0.0914 e. The highest BCUT2D eigenvalue weighted by atomic mass is 35.5. The Morgan fingerprint density at radius 3 is 2.43 bits per heavy atom. The highest BCUT2D eigenvalue weighted by Gasteiger charge is 2.19. The Bertz CT molecular complexity index is 417. The average molecular weight is 312 g/mol. The van der Waals surface area contributed by atoms with Gasteiger partial charge in [0.25, 0.3) is 0 Å². The summed E-state index contributed by atoms with van der Waals surface area (Å²) in [6.45, 7) is 2.01. The van der Waals surface area contributed by atoms with Gasteiger partial charge in [-0.1, -0.05) is 56.2 Å². The van der Waals surface area contributed by atoms with E-state index in [-0.39, 0.29) is 6.61 Å². The molecule has 4 heteroatoms. The van der Waals surface area contributed by atoms with Gasteiger partial charge >= 0.3 is 0 Å². The number of likely N-dealkylation sites (N-methyl/N-ethyl adjacent to an activating group) is 1. The number of hydrogen-bond donors (Lipinski definition) is 2. The van der Waals surface area contributed by atoms with E-state index < -0.39 is 12.1 Å². The first-order valence-corrected chi connectivity index (χ1v) is 7.87. The van der Waals surface area contributed by atoms with Gasteiger partial charge in [-0.2, -0.15) is 0 Å². The summed E-state index contributed by atoms with van der Waals surface area (Å²) >= 11 is 5.78. The molecule has 0 amide bonds. The number of rotatable bonds is 9. The van der Waals surface area contributed by atoms with Crippen LogP contribution in [0, 0.1) is 0 Å². The van der Waals surface area contributed by atoms with E-state index in [2.05, 4.69) is 19.1 Å². The van der Waals surface area contributed by atoms with E-state index in [0.717, 1.165) is 12.0 Å². The van der Waals surface area contributed by atoms with Crippen molar-refractivity contribution < 1.29 is 10.2 Å². The monoisotopic (exact) mass is 311 g/mol. The van der Waals surface area contributed by atoms with Crippen LogP contribution in [0.3, 0.4) is 0 Å². The van der Waals surface area contributed by atoms with Crippen LogP contribution in [0.4, 0.5) is 0 Å². The minimum atomic E-state index is -0.804. The summed E-state index contributed by atoms with van der Waals surface area (Å²) in [6.07, 6.45) is 7.55. The van der Waals surface area contributed by atoms with Gasteiger partial charge in [0.05, 0.1) is 18.8 Å². The standard InChI is InChI=1S/C17H26ClNO2/c1-3-4-5-6-14-7-9-15(10-8-14)11-12-17(21)16(13-20)19(2)18/h7-12,16-17,20-21H,3-6,13H2,1-2H3/b12-11+/t16-,17+/m1/s1. The maximum atomic E-state index is 9.97. The number of benzene rings is 1. The number of aliphatic hydroxyl groups excluding tert-OH is 2. The Hall–Kier alpha value is -0.870. The number of halogens is 1. The maximum absolute atomic E-state index is 9.97. The summed E-state index contributed by atoms with van der Waals surface area (Å²) in [5, 5.41) is 19.1. The van der Waals surface area contributed by atoms with Crippen LogP contribution < -0.4 is 0 Å². The van der Waals surface area contributed by atoms with Crippen LogP contribution in [-0.4, -0.2) is 40.4 Å². The lowest BCUT2D eigenvalue weighted by atomic mass is 10.0. The SMILES string of the molecule is CCCCCc1ccc(/C=C/[C@H](O)[C@@H](CO)N(C)Cl)cc1. The molecular weight excluding hydrogens is 286 g/mol. The molecule has 0 spiro atoms. The molecule has 1 rings (SSSR count). The van der Waals surface area contributed by atoms with Gasteiger partial charge in [0.15, 0.2) is 0 Å². The maximum Gasteiger partial charge on any atom is 0.0914 e. The molecule has 0 saturated heterocycles. The third kappa shape index (κ3) is 6.62. The number of nitrogens with zero attached hydrogens (tertiary/aromatic N) is 1. The van der Waals surface area contributed by atoms with Gasteiger partial charge < -0.3 is 10.2 Å². The second kappa shape index (κ2) is 9.96. The first kappa shape index (κ1) is 18.2. The molecule has 0 saturated carbocycles. The zero-order valence-electron chi connectivity index (χ0n) is 12.9. The van der Waals surface area contributed by atoms with Crippen LogP contribution in [0.25, 0.3) is 6.08 Å². The molecule has 3 nitrogen and oxygen atoms in total. The third-order valence-corrected chi connectivity index (χ3v) is 3.82. The average Bonchev–Trinajstić information content (AvgIpc) is 2.47. The molecule has 0 aliphatic heterocycles. The summed E-state index contributed by atoms with van der Waals surface area (Å²) < 4.78 is 1.30. The van der Waals surface area contributed by atoms with Gasteiger partial charge in [0.2, 0.25) is 0 Å². The van der Waals surface area contributed by atoms with Crippen molar-refractivity contribution in [3.63, 3.8) is 0 Å². The molecule has 0 aromatic heterocycles. The highest BCUT2D eigenvalue weighted by Crippen LogP contribution is 2.12. The Morgan fingerprint density at radius 1 is 1.24 bits per heavy atom. The molecule has 118 valence electrons. The molecule has 2 atom stereocenters. The topological polar surface area (TPSA) is 43.7 Å². The zero-order chi connectivity index (χ0) is 15.7. The predicted molar refractivity (Wildman–Crippen MR) is 89.2 cm³/mol. The number of unbranched alkanes of at least 4 members (excludes halogenated alkanes) is 2. The normalized spacial score (nSPS) is 14.8. The molecule has 21 heavy (non-hydrogen) atoms. The van der Waals surface area contributed by atoms with Crippen molar-refractivity contribution in [1.29, 1.82) is 0 Å².